The highest BCUT2D eigenvalue weighted by atomic mass is 16.6. The van der Waals surface area contributed by atoms with Gasteiger partial charge >= 0.3 is 0 Å². The average molecular weight is 216 g/mol. The van der Waals surface area contributed by atoms with E-state index in [1.807, 2.05) is 25.1 Å². The molecule has 0 aliphatic heterocycles. The quantitative estimate of drug-likeness (QED) is 0.802. The summed E-state index contributed by atoms with van der Waals surface area (Å²) in [6.45, 7) is 4.63. The van der Waals surface area contributed by atoms with E-state index >= 15 is 0 Å². The average Bonchev–Trinajstić information content (AvgIpc) is 2.28. The predicted octanol–water partition coefficient (Wildman–Crippen LogP) is 2.54. The number of para-hydroxylation sites is 1. The van der Waals surface area contributed by atoms with Crippen LogP contribution in [0.1, 0.15) is 24.1 Å². The Labute approximate surface area is 95.2 Å². The van der Waals surface area contributed by atoms with E-state index in [0.29, 0.717) is 6.61 Å². The number of aryl methyl sites for hydroxylation is 1. The van der Waals surface area contributed by atoms with Gasteiger partial charge in [-0.1, -0.05) is 25.1 Å². The summed E-state index contributed by atoms with van der Waals surface area (Å²) in [6, 6.07) is 10.2. The molecule has 16 heavy (non-hydrogen) atoms. The van der Waals surface area contributed by atoms with Crippen LogP contribution in [0, 0.1) is 6.92 Å². The molecule has 2 N–H and O–H groups in total. The van der Waals surface area contributed by atoms with E-state index in [1.165, 1.54) is 10.9 Å². The van der Waals surface area contributed by atoms with Gasteiger partial charge in [0.15, 0.2) is 0 Å². The summed E-state index contributed by atoms with van der Waals surface area (Å²) in [7, 11) is 0. The van der Waals surface area contributed by atoms with Crippen LogP contribution in [0.15, 0.2) is 30.3 Å². The lowest BCUT2D eigenvalue weighted by atomic mass is 9.97. The van der Waals surface area contributed by atoms with Crippen molar-refractivity contribution in [3.05, 3.63) is 41.6 Å². The Morgan fingerprint density at radius 1 is 1.38 bits per heavy atom. The van der Waals surface area contributed by atoms with Gasteiger partial charge in [-0.25, -0.2) is 5.90 Å². The van der Waals surface area contributed by atoms with Gasteiger partial charge in [-0.3, -0.25) is 4.98 Å². The largest absolute Gasteiger partial charge is 0.304 e. The maximum atomic E-state index is 5.13. The van der Waals surface area contributed by atoms with Gasteiger partial charge in [0, 0.05) is 17.0 Å². The monoisotopic (exact) mass is 216 g/mol. The minimum absolute atomic E-state index is 0.275. The number of nitrogens with two attached hydrogens (primary N) is 1. The van der Waals surface area contributed by atoms with Gasteiger partial charge in [-0.2, -0.15) is 0 Å². The minimum atomic E-state index is 0.275. The minimum Gasteiger partial charge on any atom is -0.304 e. The lowest BCUT2D eigenvalue weighted by Gasteiger charge is -2.13. The molecule has 0 fully saturated rings. The second-order valence-corrected chi connectivity index (χ2v) is 4.10. The van der Waals surface area contributed by atoms with Crippen LogP contribution in [-0.4, -0.2) is 11.6 Å². The molecule has 3 heteroatoms. The summed E-state index contributed by atoms with van der Waals surface area (Å²) in [5.41, 5.74) is 3.30. The second kappa shape index (κ2) is 4.60. The number of benzene rings is 1. The fourth-order valence-electron chi connectivity index (χ4n) is 1.98. The van der Waals surface area contributed by atoms with Gasteiger partial charge in [0.2, 0.25) is 0 Å². The Morgan fingerprint density at radius 3 is 2.88 bits per heavy atom. The molecular formula is C13H16N2O. The smallest absolute Gasteiger partial charge is 0.0745 e. The number of fused-ring (bicyclic) bond motifs is 1. The number of hydrogen-bond acceptors (Lipinski definition) is 3. The Morgan fingerprint density at radius 2 is 2.12 bits per heavy atom. The first kappa shape index (κ1) is 11.0. The fourth-order valence-corrected chi connectivity index (χ4v) is 1.98. The zero-order valence-corrected chi connectivity index (χ0v) is 9.60. The zero-order chi connectivity index (χ0) is 11.5. The molecule has 0 saturated carbocycles. The third-order valence-corrected chi connectivity index (χ3v) is 2.75. The number of hydrogen-bond donors (Lipinski definition) is 1. The molecule has 0 radical (unpaired) electrons. The van der Waals surface area contributed by atoms with E-state index in [2.05, 4.69) is 24.0 Å². The van der Waals surface area contributed by atoms with Crippen LogP contribution in [-0.2, 0) is 4.84 Å². The molecule has 0 amide bonds. The van der Waals surface area contributed by atoms with Crippen LogP contribution in [0.2, 0.25) is 0 Å². The van der Waals surface area contributed by atoms with Crippen molar-refractivity contribution in [3.63, 3.8) is 0 Å². The summed E-state index contributed by atoms with van der Waals surface area (Å²) >= 11 is 0. The number of aromatic nitrogens is 1. The van der Waals surface area contributed by atoms with Gasteiger partial charge in [-0.15, -0.1) is 0 Å². The van der Waals surface area contributed by atoms with Crippen LogP contribution in [0.4, 0.5) is 0 Å². The van der Waals surface area contributed by atoms with Crippen molar-refractivity contribution < 1.29 is 4.84 Å². The van der Waals surface area contributed by atoms with Crippen molar-refractivity contribution in [2.24, 2.45) is 5.90 Å². The molecule has 2 rings (SSSR count). The van der Waals surface area contributed by atoms with Crippen molar-refractivity contribution in [2.45, 2.75) is 19.8 Å². The van der Waals surface area contributed by atoms with Crippen molar-refractivity contribution >= 4 is 10.9 Å². The number of pyridine rings is 1. The van der Waals surface area contributed by atoms with Crippen molar-refractivity contribution in [1.29, 1.82) is 0 Å². The van der Waals surface area contributed by atoms with E-state index in [4.69, 9.17) is 10.7 Å². The van der Waals surface area contributed by atoms with Crippen LogP contribution < -0.4 is 5.90 Å². The maximum Gasteiger partial charge on any atom is 0.0745 e. The lowest BCUT2D eigenvalue weighted by Crippen LogP contribution is -2.09. The molecule has 0 aliphatic carbocycles. The molecule has 1 atom stereocenters. The van der Waals surface area contributed by atoms with E-state index in [9.17, 15) is 0 Å². The molecule has 1 aromatic carbocycles. The highest BCUT2D eigenvalue weighted by molar-refractivity contribution is 5.82. The number of nitrogens with zero attached hydrogens (tertiary/aromatic N) is 1. The standard InChI is InChI=1S/C13H16N2O/c1-9(8-16-14)12-7-10(2)15-13-6-4-3-5-11(12)13/h3-7,9H,8,14H2,1-2H3. The van der Waals surface area contributed by atoms with Crippen molar-refractivity contribution in [1.82, 2.24) is 4.98 Å². The van der Waals surface area contributed by atoms with Gasteiger partial charge in [-0.05, 0) is 24.6 Å². The highest BCUT2D eigenvalue weighted by Gasteiger charge is 2.10. The predicted molar refractivity (Wildman–Crippen MR) is 65.0 cm³/mol. The first-order valence-electron chi connectivity index (χ1n) is 5.40. The molecule has 0 bridgehead atoms. The molecule has 1 heterocycles. The fraction of sp³-hybridized carbons (Fsp3) is 0.308. The molecule has 2 aromatic rings. The topological polar surface area (TPSA) is 48.1 Å². The number of rotatable bonds is 3. The van der Waals surface area contributed by atoms with E-state index in [0.717, 1.165) is 11.2 Å². The van der Waals surface area contributed by atoms with Crippen molar-refractivity contribution in [2.75, 3.05) is 6.61 Å². The summed E-state index contributed by atoms with van der Waals surface area (Å²) in [5.74, 6) is 5.41. The Balaban J connectivity index is 2.58. The third kappa shape index (κ3) is 2.05. The van der Waals surface area contributed by atoms with Gasteiger partial charge in [0.05, 0.1) is 12.1 Å². The Bertz CT molecular complexity index is 496. The lowest BCUT2D eigenvalue weighted by molar-refractivity contribution is 0.127. The van der Waals surface area contributed by atoms with E-state index in [1.54, 1.807) is 0 Å². The second-order valence-electron chi connectivity index (χ2n) is 4.10. The van der Waals surface area contributed by atoms with Crippen LogP contribution in [0.5, 0.6) is 0 Å². The molecule has 1 aromatic heterocycles. The van der Waals surface area contributed by atoms with Crippen LogP contribution >= 0.6 is 0 Å². The highest BCUT2D eigenvalue weighted by Crippen LogP contribution is 2.25. The Hall–Kier alpha value is -1.45. The van der Waals surface area contributed by atoms with E-state index < -0.39 is 0 Å². The summed E-state index contributed by atoms with van der Waals surface area (Å²) < 4.78 is 0. The summed E-state index contributed by atoms with van der Waals surface area (Å²) in [5, 5.41) is 1.18. The van der Waals surface area contributed by atoms with Gasteiger partial charge in [0.1, 0.15) is 0 Å². The van der Waals surface area contributed by atoms with Crippen molar-refractivity contribution in [3.8, 4) is 0 Å². The van der Waals surface area contributed by atoms with Crippen LogP contribution in [0.25, 0.3) is 10.9 Å². The first-order chi connectivity index (χ1) is 7.72. The molecule has 0 aliphatic rings. The SMILES string of the molecule is Cc1cc(C(C)CON)c2ccccc2n1. The normalized spacial score (nSPS) is 12.9. The van der Waals surface area contributed by atoms with Crippen LogP contribution in [0.3, 0.4) is 0 Å². The molecular weight excluding hydrogens is 200 g/mol. The first-order valence-corrected chi connectivity index (χ1v) is 5.40. The third-order valence-electron chi connectivity index (χ3n) is 2.75. The summed E-state index contributed by atoms with van der Waals surface area (Å²) in [6.07, 6.45) is 0. The van der Waals surface area contributed by atoms with E-state index in [-0.39, 0.29) is 5.92 Å². The molecule has 1 unspecified atom stereocenters. The van der Waals surface area contributed by atoms with Gasteiger partial charge < -0.3 is 4.84 Å². The summed E-state index contributed by atoms with van der Waals surface area (Å²) in [4.78, 5) is 9.23. The zero-order valence-electron chi connectivity index (χ0n) is 9.60. The molecule has 0 spiro atoms. The maximum absolute atomic E-state index is 5.13. The molecule has 84 valence electrons. The molecule has 3 nitrogen and oxygen atoms in total. The molecule has 0 saturated heterocycles. The Kier molecular flexibility index (Phi) is 3.17. The van der Waals surface area contributed by atoms with Gasteiger partial charge in [0.25, 0.3) is 0 Å².